The van der Waals surface area contributed by atoms with Crippen molar-refractivity contribution >= 4 is 45.8 Å². The zero-order chi connectivity index (χ0) is 25.1. The third-order valence-corrected chi connectivity index (χ3v) is 9.43. The van der Waals surface area contributed by atoms with E-state index in [1.54, 1.807) is 17.2 Å². The zero-order valence-electron chi connectivity index (χ0n) is 21.0. The van der Waals surface area contributed by atoms with E-state index in [2.05, 4.69) is 52.2 Å². The zero-order valence-corrected chi connectivity index (χ0v) is 21.9. The van der Waals surface area contributed by atoms with E-state index in [1.165, 1.54) is 40.5 Å². The normalized spacial score (nSPS) is 25.2. The van der Waals surface area contributed by atoms with Crippen LogP contribution in [0, 0.1) is 5.41 Å². The molecule has 9 heteroatoms. The average molecular weight is 509 g/mol. The molecular formula is C27H33FN6OS. The van der Waals surface area contributed by atoms with Crippen LogP contribution in [0.25, 0.3) is 10.8 Å². The number of alkyl halides is 1. The van der Waals surface area contributed by atoms with E-state index in [0.29, 0.717) is 41.9 Å². The van der Waals surface area contributed by atoms with Gasteiger partial charge in [0.25, 0.3) is 0 Å². The lowest BCUT2D eigenvalue weighted by molar-refractivity contribution is -0.00860. The number of hydrogen-bond donors (Lipinski definition) is 2. The van der Waals surface area contributed by atoms with Gasteiger partial charge in [0.1, 0.15) is 11.6 Å². The Morgan fingerprint density at radius 1 is 1.08 bits per heavy atom. The first-order chi connectivity index (χ1) is 17.2. The van der Waals surface area contributed by atoms with Crippen molar-refractivity contribution in [3.63, 3.8) is 0 Å². The van der Waals surface area contributed by atoms with Gasteiger partial charge in [0, 0.05) is 60.0 Å². The molecule has 3 fully saturated rings. The van der Waals surface area contributed by atoms with E-state index in [1.807, 2.05) is 18.0 Å². The summed E-state index contributed by atoms with van der Waals surface area (Å²) in [5.74, 6) is 4.71. The van der Waals surface area contributed by atoms with Crippen molar-refractivity contribution in [1.29, 1.82) is 0 Å². The molecule has 2 N–H and O–H groups in total. The maximum Gasteiger partial charge on any atom is 0.227 e. The fourth-order valence-corrected chi connectivity index (χ4v) is 6.76. The Morgan fingerprint density at radius 3 is 2.58 bits per heavy atom. The lowest BCUT2D eigenvalue weighted by atomic mass is 9.82. The first kappa shape index (κ1) is 23.7. The van der Waals surface area contributed by atoms with E-state index in [9.17, 15) is 9.50 Å². The van der Waals surface area contributed by atoms with Crippen LogP contribution in [0.4, 0.5) is 27.7 Å². The number of fused-ring (bicyclic) bond motifs is 1. The maximum atomic E-state index is 14.7. The Kier molecular flexibility index (Phi) is 5.75. The van der Waals surface area contributed by atoms with Crippen LogP contribution in [0.5, 0.6) is 0 Å². The van der Waals surface area contributed by atoms with E-state index in [0.717, 1.165) is 13.1 Å². The fourth-order valence-electron chi connectivity index (χ4n) is 5.61. The van der Waals surface area contributed by atoms with Crippen molar-refractivity contribution in [3.05, 3.63) is 42.2 Å². The summed E-state index contributed by atoms with van der Waals surface area (Å²) in [6, 6.07) is 8.42. The van der Waals surface area contributed by atoms with E-state index in [4.69, 9.17) is 4.98 Å². The van der Waals surface area contributed by atoms with E-state index >= 15 is 0 Å². The molecule has 3 aliphatic rings. The molecule has 1 spiro atoms. The van der Waals surface area contributed by atoms with Gasteiger partial charge in [-0.15, -0.1) is 0 Å². The van der Waals surface area contributed by atoms with Gasteiger partial charge in [-0.25, -0.2) is 14.4 Å². The fraction of sp³-hybridized carbons (Fsp3) is 0.519. The highest BCUT2D eigenvalue weighted by Crippen LogP contribution is 2.48. The number of nitrogens with zero attached hydrogens (tertiary/aromatic N) is 5. The van der Waals surface area contributed by atoms with Gasteiger partial charge in [-0.05, 0) is 48.4 Å². The molecular weight excluding hydrogens is 475 g/mol. The third kappa shape index (κ3) is 4.16. The predicted octanol–water partition coefficient (Wildman–Crippen LogP) is 4.74. The summed E-state index contributed by atoms with van der Waals surface area (Å²) in [6.45, 7) is 8.69. The molecule has 36 heavy (non-hydrogen) atoms. The van der Waals surface area contributed by atoms with Gasteiger partial charge in [-0.2, -0.15) is 16.7 Å². The van der Waals surface area contributed by atoms with E-state index in [-0.39, 0.29) is 6.54 Å². The summed E-state index contributed by atoms with van der Waals surface area (Å²) >= 11 is 2.05. The monoisotopic (exact) mass is 508 g/mol. The third-order valence-electron chi connectivity index (χ3n) is 7.79. The average Bonchev–Trinajstić information content (AvgIpc) is 2.79. The Morgan fingerprint density at radius 2 is 1.89 bits per heavy atom. The molecule has 0 saturated carbocycles. The van der Waals surface area contributed by atoms with Gasteiger partial charge in [-0.3, -0.25) is 0 Å². The Labute approximate surface area is 215 Å². The van der Waals surface area contributed by atoms with Gasteiger partial charge in [0.2, 0.25) is 5.95 Å². The van der Waals surface area contributed by atoms with Gasteiger partial charge in [0.05, 0.1) is 12.6 Å². The first-order valence-electron chi connectivity index (χ1n) is 12.7. The molecule has 7 nitrogen and oxygen atoms in total. The number of thioether (sulfide) groups is 1. The number of anilines is 4. The van der Waals surface area contributed by atoms with Crippen LogP contribution in [0.2, 0.25) is 0 Å². The SMILES string of the molecule is CC(C)c1ccc(N2CC3(CSC3)C2)c2cnc(Nc3ccnc(N4CC[C@@H](O)[C@@](C)(F)C4)n3)cc12. The lowest BCUT2D eigenvalue weighted by Gasteiger charge is -2.56. The number of pyridine rings is 1. The number of halogens is 1. The number of benzene rings is 1. The summed E-state index contributed by atoms with van der Waals surface area (Å²) < 4.78 is 14.7. The van der Waals surface area contributed by atoms with Crippen LogP contribution in [0.3, 0.4) is 0 Å². The summed E-state index contributed by atoms with van der Waals surface area (Å²) in [7, 11) is 0. The standard InChI is InChI=1S/C27H33FN6OS/c1-17(2)18-4-5-21(34-13-27(14-34)15-36-16-27)20-11-30-24(10-19(18)20)31-23-6-8-29-25(32-23)33-9-7-22(35)26(3,28)12-33/h4-6,8,10-11,17,22,35H,7,9,12-16H2,1-3H3,(H,29,30,31,32)/t22-,26+/m1/s1. The number of nitrogens with one attached hydrogen (secondary N) is 1. The molecule has 2 aromatic heterocycles. The molecule has 5 heterocycles. The molecule has 3 saturated heterocycles. The highest BCUT2D eigenvalue weighted by atomic mass is 32.2. The Balaban J connectivity index is 1.27. The van der Waals surface area contributed by atoms with Gasteiger partial charge in [-0.1, -0.05) is 19.9 Å². The number of hydrogen-bond acceptors (Lipinski definition) is 8. The van der Waals surface area contributed by atoms with Crippen LogP contribution in [-0.4, -0.2) is 69.5 Å². The molecule has 0 aliphatic carbocycles. The molecule has 6 rings (SSSR count). The minimum absolute atomic E-state index is 0.0584. The van der Waals surface area contributed by atoms with Crippen LogP contribution < -0.4 is 15.1 Å². The van der Waals surface area contributed by atoms with Gasteiger partial charge in [0.15, 0.2) is 5.67 Å². The van der Waals surface area contributed by atoms with Crippen LogP contribution in [0.1, 0.15) is 38.7 Å². The smallest absolute Gasteiger partial charge is 0.227 e. The van der Waals surface area contributed by atoms with Crippen LogP contribution >= 0.6 is 11.8 Å². The van der Waals surface area contributed by atoms with Crippen LogP contribution in [0.15, 0.2) is 36.7 Å². The molecule has 0 radical (unpaired) electrons. The summed E-state index contributed by atoms with van der Waals surface area (Å²) in [5.41, 5.74) is 1.40. The van der Waals surface area contributed by atoms with Crippen LogP contribution in [-0.2, 0) is 0 Å². The molecule has 3 aliphatic heterocycles. The minimum atomic E-state index is -1.69. The first-order valence-corrected chi connectivity index (χ1v) is 13.9. The Hall–Kier alpha value is -2.65. The molecule has 0 amide bonds. The topological polar surface area (TPSA) is 77.4 Å². The second-order valence-corrected chi connectivity index (χ2v) is 12.1. The predicted molar refractivity (Wildman–Crippen MR) is 145 cm³/mol. The van der Waals surface area contributed by atoms with Crippen molar-refractivity contribution in [2.45, 2.75) is 44.9 Å². The van der Waals surface area contributed by atoms with Gasteiger partial charge >= 0.3 is 0 Å². The summed E-state index contributed by atoms with van der Waals surface area (Å²) in [4.78, 5) is 18.0. The second-order valence-electron chi connectivity index (χ2n) is 11.2. The largest absolute Gasteiger partial charge is 0.390 e. The van der Waals surface area contributed by atoms with Crippen molar-refractivity contribution < 1.29 is 9.50 Å². The lowest BCUT2D eigenvalue weighted by Crippen LogP contribution is -2.63. The highest BCUT2D eigenvalue weighted by Gasteiger charge is 2.48. The number of rotatable bonds is 5. The van der Waals surface area contributed by atoms with Crippen molar-refractivity contribution in [2.75, 3.05) is 52.8 Å². The van der Waals surface area contributed by atoms with Gasteiger partial charge < -0.3 is 20.2 Å². The maximum absolute atomic E-state index is 14.7. The summed E-state index contributed by atoms with van der Waals surface area (Å²) in [5, 5.41) is 15.7. The van der Waals surface area contributed by atoms with Crippen molar-refractivity contribution in [2.24, 2.45) is 5.41 Å². The number of aliphatic hydroxyl groups excluding tert-OH is 1. The summed E-state index contributed by atoms with van der Waals surface area (Å²) in [6.07, 6.45) is 3.02. The second kappa shape index (κ2) is 8.73. The Bertz CT molecular complexity index is 1290. The molecule has 1 aromatic carbocycles. The molecule has 0 unspecified atom stereocenters. The molecule has 2 atom stereocenters. The number of aromatic nitrogens is 3. The quantitative estimate of drug-likeness (QED) is 0.512. The number of aliphatic hydroxyl groups is 1. The van der Waals surface area contributed by atoms with Crippen molar-refractivity contribution in [3.8, 4) is 0 Å². The minimum Gasteiger partial charge on any atom is -0.390 e. The highest BCUT2D eigenvalue weighted by molar-refractivity contribution is 8.00. The van der Waals surface area contributed by atoms with Crippen molar-refractivity contribution in [1.82, 2.24) is 15.0 Å². The molecule has 3 aromatic rings. The molecule has 0 bridgehead atoms. The number of piperidine rings is 1. The van der Waals surface area contributed by atoms with E-state index < -0.39 is 11.8 Å². The molecule has 190 valence electrons.